The van der Waals surface area contributed by atoms with E-state index in [0.29, 0.717) is 17.9 Å². The third kappa shape index (κ3) is 3.79. The van der Waals surface area contributed by atoms with E-state index in [9.17, 15) is 9.18 Å². The maximum atomic E-state index is 13.2. The van der Waals surface area contributed by atoms with Crippen molar-refractivity contribution in [2.45, 2.75) is 13.5 Å². The summed E-state index contributed by atoms with van der Waals surface area (Å²) in [4.78, 5) is 11.7. The summed E-state index contributed by atoms with van der Waals surface area (Å²) < 4.78 is 14.7. The van der Waals surface area contributed by atoms with E-state index in [4.69, 9.17) is 5.11 Å². The molecule has 6 nitrogen and oxygen atoms in total. The fourth-order valence-electron chi connectivity index (χ4n) is 1.75. The molecule has 3 N–H and O–H groups in total. The van der Waals surface area contributed by atoms with E-state index >= 15 is 0 Å². The van der Waals surface area contributed by atoms with E-state index in [1.807, 2.05) is 0 Å². The van der Waals surface area contributed by atoms with Crippen LogP contribution in [0.5, 0.6) is 0 Å². The van der Waals surface area contributed by atoms with Crippen molar-refractivity contribution in [3.63, 3.8) is 0 Å². The summed E-state index contributed by atoms with van der Waals surface area (Å²) >= 11 is 0. The van der Waals surface area contributed by atoms with Crippen LogP contribution in [0.25, 0.3) is 0 Å². The Morgan fingerprint density at radius 2 is 2.10 bits per heavy atom. The second-order valence-electron chi connectivity index (χ2n) is 4.31. The lowest BCUT2D eigenvalue weighted by Crippen LogP contribution is -2.19. The van der Waals surface area contributed by atoms with Crippen molar-refractivity contribution in [3.05, 3.63) is 42.0 Å². The number of aliphatic hydroxyl groups is 1. The van der Waals surface area contributed by atoms with Crippen LogP contribution in [0.15, 0.2) is 30.6 Å². The molecule has 2 amide bonds. The predicted octanol–water partition coefficient (Wildman–Crippen LogP) is 1.97. The summed E-state index contributed by atoms with van der Waals surface area (Å²) in [6, 6.07) is 3.79. The average molecular weight is 278 g/mol. The quantitative estimate of drug-likeness (QED) is 0.800. The van der Waals surface area contributed by atoms with Crippen molar-refractivity contribution in [2.75, 3.05) is 17.2 Å². The lowest BCUT2D eigenvalue weighted by atomic mass is 10.2. The SMILES string of the molecule is Cc1cc(F)cc(NC(=O)Nc2cnn(CCO)c2)c1. The smallest absolute Gasteiger partial charge is 0.323 e. The van der Waals surface area contributed by atoms with Gasteiger partial charge in [-0.3, -0.25) is 4.68 Å². The lowest BCUT2D eigenvalue weighted by Gasteiger charge is -2.07. The second-order valence-corrected chi connectivity index (χ2v) is 4.31. The second kappa shape index (κ2) is 6.16. The molecule has 2 aromatic rings. The highest BCUT2D eigenvalue weighted by Gasteiger charge is 2.06. The Hall–Kier alpha value is -2.41. The van der Waals surface area contributed by atoms with Gasteiger partial charge in [0.05, 0.1) is 25.0 Å². The average Bonchev–Trinajstić information content (AvgIpc) is 2.75. The zero-order valence-electron chi connectivity index (χ0n) is 10.9. The number of amides is 2. The maximum Gasteiger partial charge on any atom is 0.323 e. The molecule has 0 spiro atoms. The molecule has 0 aliphatic heterocycles. The van der Waals surface area contributed by atoms with E-state index in [1.54, 1.807) is 19.2 Å². The van der Waals surface area contributed by atoms with Crippen LogP contribution in [0.1, 0.15) is 5.56 Å². The van der Waals surface area contributed by atoms with Gasteiger partial charge in [-0.15, -0.1) is 0 Å². The number of aryl methyl sites for hydroxylation is 1. The summed E-state index contributed by atoms with van der Waals surface area (Å²) in [6.07, 6.45) is 3.05. The van der Waals surface area contributed by atoms with Crippen LogP contribution in [0.2, 0.25) is 0 Å². The van der Waals surface area contributed by atoms with Crippen LogP contribution in [0.3, 0.4) is 0 Å². The first kappa shape index (κ1) is 14.0. The number of rotatable bonds is 4. The normalized spacial score (nSPS) is 10.3. The Labute approximate surface area is 115 Å². The van der Waals surface area contributed by atoms with Gasteiger partial charge in [0.2, 0.25) is 0 Å². The van der Waals surface area contributed by atoms with Crippen molar-refractivity contribution in [2.24, 2.45) is 0 Å². The van der Waals surface area contributed by atoms with Crippen LogP contribution >= 0.6 is 0 Å². The molecule has 0 fully saturated rings. The molecule has 0 aliphatic carbocycles. The first-order valence-electron chi connectivity index (χ1n) is 6.05. The number of aromatic nitrogens is 2. The van der Waals surface area contributed by atoms with Gasteiger partial charge in [-0.2, -0.15) is 5.10 Å². The summed E-state index contributed by atoms with van der Waals surface area (Å²) in [5.41, 5.74) is 1.59. The van der Waals surface area contributed by atoms with Gasteiger partial charge in [0, 0.05) is 11.9 Å². The number of nitrogens with zero attached hydrogens (tertiary/aromatic N) is 2. The Morgan fingerprint density at radius 1 is 1.35 bits per heavy atom. The van der Waals surface area contributed by atoms with E-state index in [-0.39, 0.29) is 6.61 Å². The van der Waals surface area contributed by atoms with Gasteiger partial charge in [-0.25, -0.2) is 9.18 Å². The third-order valence-electron chi connectivity index (χ3n) is 2.52. The molecular weight excluding hydrogens is 263 g/mol. The third-order valence-corrected chi connectivity index (χ3v) is 2.52. The Bertz CT molecular complexity index is 592. The number of nitrogens with one attached hydrogen (secondary N) is 2. The number of hydrogen-bond acceptors (Lipinski definition) is 3. The Balaban J connectivity index is 1.97. The molecule has 0 saturated heterocycles. The number of hydrogen-bond donors (Lipinski definition) is 3. The van der Waals surface area contributed by atoms with Gasteiger partial charge in [0.15, 0.2) is 0 Å². The van der Waals surface area contributed by atoms with E-state index in [1.165, 1.54) is 23.0 Å². The molecule has 0 bridgehead atoms. The zero-order chi connectivity index (χ0) is 14.5. The largest absolute Gasteiger partial charge is 0.394 e. The summed E-state index contributed by atoms with van der Waals surface area (Å²) in [5.74, 6) is -0.406. The minimum absolute atomic E-state index is 0.0319. The van der Waals surface area contributed by atoms with Crippen LogP contribution in [-0.2, 0) is 6.54 Å². The summed E-state index contributed by atoms with van der Waals surface area (Å²) in [6.45, 7) is 2.06. The van der Waals surface area contributed by atoms with E-state index in [2.05, 4.69) is 15.7 Å². The minimum atomic E-state index is -0.487. The number of urea groups is 1. The molecule has 0 unspecified atom stereocenters. The van der Waals surface area contributed by atoms with Gasteiger partial charge in [-0.05, 0) is 30.7 Å². The zero-order valence-corrected chi connectivity index (χ0v) is 10.9. The first-order chi connectivity index (χ1) is 9.56. The lowest BCUT2D eigenvalue weighted by molar-refractivity contribution is 0.262. The Morgan fingerprint density at radius 3 is 2.80 bits per heavy atom. The number of carbonyl (C=O) groups excluding carboxylic acids is 1. The first-order valence-corrected chi connectivity index (χ1v) is 6.05. The molecule has 0 atom stereocenters. The van der Waals surface area contributed by atoms with Crippen molar-refractivity contribution in [3.8, 4) is 0 Å². The van der Waals surface area contributed by atoms with Crippen LogP contribution in [-0.4, -0.2) is 27.5 Å². The van der Waals surface area contributed by atoms with E-state index < -0.39 is 11.8 Å². The molecule has 2 rings (SSSR count). The highest BCUT2D eigenvalue weighted by atomic mass is 19.1. The molecule has 106 valence electrons. The van der Waals surface area contributed by atoms with Crippen LogP contribution < -0.4 is 10.6 Å². The number of halogens is 1. The van der Waals surface area contributed by atoms with E-state index in [0.717, 1.165) is 5.56 Å². The standard InChI is InChI=1S/C13H15FN4O2/c1-9-4-10(14)6-11(5-9)16-13(20)17-12-7-15-18(8-12)2-3-19/h4-8,19H,2-3H2,1H3,(H2,16,17,20). The van der Waals surface area contributed by atoms with Crippen molar-refractivity contribution in [1.29, 1.82) is 0 Å². The van der Waals surface area contributed by atoms with Crippen molar-refractivity contribution in [1.82, 2.24) is 9.78 Å². The van der Waals surface area contributed by atoms with Crippen LogP contribution in [0.4, 0.5) is 20.6 Å². The highest BCUT2D eigenvalue weighted by Crippen LogP contribution is 2.14. The molecule has 1 aromatic heterocycles. The van der Waals surface area contributed by atoms with Gasteiger partial charge >= 0.3 is 6.03 Å². The monoisotopic (exact) mass is 278 g/mol. The maximum absolute atomic E-state index is 13.2. The molecule has 20 heavy (non-hydrogen) atoms. The highest BCUT2D eigenvalue weighted by molar-refractivity contribution is 5.99. The number of benzene rings is 1. The minimum Gasteiger partial charge on any atom is -0.394 e. The molecular formula is C13H15FN4O2. The van der Waals surface area contributed by atoms with Gasteiger partial charge in [-0.1, -0.05) is 0 Å². The van der Waals surface area contributed by atoms with Crippen molar-refractivity contribution >= 4 is 17.4 Å². The van der Waals surface area contributed by atoms with Gasteiger partial charge in [0.1, 0.15) is 5.82 Å². The fourth-order valence-corrected chi connectivity index (χ4v) is 1.75. The van der Waals surface area contributed by atoms with Crippen LogP contribution in [0, 0.1) is 12.7 Å². The predicted molar refractivity (Wildman–Crippen MR) is 73.1 cm³/mol. The van der Waals surface area contributed by atoms with Crippen molar-refractivity contribution < 1.29 is 14.3 Å². The molecule has 1 heterocycles. The fraction of sp³-hybridized carbons (Fsp3) is 0.231. The molecule has 0 radical (unpaired) electrons. The topological polar surface area (TPSA) is 79.2 Å². The number of anilines is 2. The molecule has 0 aliphatic rings. The summed E-state index contributed by atoms with van der Waals surface area (Å²) in [7, 11) is 0. The number of aliphatic hydroxyl groups excluding tert-OH is 1. The summed E-state index contributed by atoms with van der Waals surface area (Å²) in [5, 5.41) is 17.8. The van der Waals surface area contributed by atoms with Gasteiger partial charge in [0.25, 0.3) is 0 Å². The number of carbonyl (C=O) groups is 1. The Kier molecular flexibility index (Phi) is 4.31. The van der Waals surface area contributed by atoms with Gasteiger partial charge < -0.3 is 15.7 Å². The molecule has 7 heteroatoms. The molecule has 1 aromatic carbocycles. The molecule has 0 saturated carbocycles.